The van der Waals surface area contributed by atoms with E-state index in [1.807, 2.05) is 6.07 Å². The smallest absolute Gasteiger partial charge is 0.305 e. The van der Waals surface area contributed by atoms with Crippen LogP contribution in [-0.2, 0) is 17.6 Å². The number of amides is 1. The molecule has 0 fully saturated rings. The number of aromatic nitrogens is 1. The quantitative estimate of drug-likeness (QED) is 0.190. The fourth-order valence-electron chi connectivity index (χ4n) is 5.37. The van der Waals surface area contributed by atoms with Gasteiger partial charge in [-0.1, -0.05) is 74.9 Å². The third kappa shape index (κ3) is 9.19. The lowest BCUT2D eigenvalue weighted by Gasteiger charge is -2.37. The fourth-order valence-corrected chi connectivity index (χ4v) is 6.27. The molecule has 1 amide bonds. The molecule has 1 heterocycles. The summed E-state index contributed by atoms with van der Waals surface area (Å²) in [5, 5.41) is 17.0. The number of nitrogens with one attached hydrogen (secondary N) is 3. The molecule has 3 rings (SSSR count). The molecule has 0 atom stereocenters. The number of H-pyrrole nitrogens is 1. The topological polar surface area (TPSA) is 97.5 Å². The monoisotopic (exact) mass is 554 g/mol. The van der Waals surface area contributed by atoms with E-state index in [1.165, 1.54) is 11.1 Å². The first-order chi connectivity index (χ1) is 18.7. The van der Waals surface area contributed by atoms with Gasteiger partial charge >= 0.3 is 4.87 Å². The Morgan fingerprint density at radius 1 is 0.949 bits per heavy atom. The van der Waals surface area contributed by atoms with E-state index < -0.39 is 0 Å². The number of carbonyl (C=O) groups is 1. The molecule has 0 aliphatic rings. The second-order valence-electron chi connectivity index (χ2n) is 11.1. The van der Waals surface area contributed by atoms with Crippen molar-refractivity contribution in [2.24, 2.45) is 11.8 Å². The Balaban J connectivity index is 1.46. The van der Waals surface area contributed by atoms with Gasteiger partial charge in [0.2, 0.25) is 5.91 Å². The van der Waals surface area contributed by atoms with Gasteiger partial charge in [0.05, 0.1) is 4.70 Å². The molecule has 0 unspecified atom stereocenters. The second kappa shape index (κ2) is 15.2. The standard InChI is InChI=1S/C31H46N4O3S/c1-21(2)29(22(3)4)35(27(37)7-6-16-32-17-14-24-10-8-23(5)9-11-24)20-19-33-18-15-25-12-13-26(36)28-30(25)39-31(38)34-28/h8-13,21-22,29,32-33,36H,6-7,14-20H2,1-5H3,(H,34,38). The summed E-state index contributed by atoms with van der Waals surface area (Å²) >= 11 is 1.13. The molecule has 4 N–H and O–H groups in total. The van der Waals surface area contributed by atoms with Gasteiger partial charge < -0.3 is 25.6 Å². The van der Waals surface area contributed by atoms with E-state index in [9.17, 15) is 14.7 Å². The first kappa shape index (κ1) is 30.9. The molecule has 2 aromatic carbocycles. The molecule has 1 aromatic heterocycles. The minimum atomic E-state index is -0.162. The SMILES string of the molecule is Cc1ccc(CCNCCCC(=O)N(CCNCCc2ccc(O)c3[nH]c(=O)sc23)C(C(C)C)C(C)C)cc1. The highest BCUT2D eigenvalue weighted by molar-refractivity contribution is 7.16. The number of nitrogens with zero attached hydrogens (tertiary/aromatic N) is 1. The van der Waals surface area contributed by atoms with Crippen LogP contribution in [0.15, 0.2) is 41.2 Å². The highest BCUT2D eigenvalue weighted by atomic mass is 32.1. The molecule has 3 aromatic rings. The van der Waals surface area contributed by atoms with Gasteiger partial charge in [-0.15, -0.1) is 0 Å². The van der Waals surface area contributed by atoms with Gasteiger partial charge in [0.1, 0.15) is 11.3 Å². The zero-order valence-electron chi connectivity index (χ0n) is 24.2. The zero-order valence-corrected chi connectivity index (χ0v) is 25.0. The number of rotatable bonds is 16. The van der Waals surface area contributed by atoms with Crippen LogP contribution in [0.4, 0.5) is 0 Å². The predicted molar refractivity (Wildman–Crippen MR) is 163 cm³/mol. The molecule has 214 valence electrons. The van der Waals surface area contributed by atoms with E-state index >= 15 is 0 Å². The van der Waals surface area contributed by atoms with Crippen molar-refractivity contribution in [2.45, 2.75) is 66.3 Å². The number of benzene rings is 2. The van der Waals surface area contributed by atoms with Gasteiger partial charge in [-0.05, 0) is 74.8 Å². The number of fused-ring (bicyclic) bond motifs is 1. The van der Waals surface area contributed by atoms with E-state index in [0.29, 0.717) is 36.9 Å². The van der Waals surface area contributed by atoms with Crippen molar-refractivity contribution in [3.63, 3.8) is 0 Å². The van der Waals surface area contributed by atoms with Crippen LogP contribution < -0.4 is 15.5 Å². The molecule has 0 aliphatic carbocycles. The molecule has 0 bridgehead atoms. The van der Waals surface area contributed by atoms with Crippen molar-refractivity contribution in [3.05, 3.63) is 62.8 Å². The van der Waals surface area contributed by atoms with Crippen molar-refractivity contribution < 1.29 is 9.90 Å². The molecule has 7 nitrogen and oxygen atoms in total. The number of phenolic OH excluding ortho intramolecular Hbond substituents is 1. The maximum absolute atomic E-state index is 13.4. The van der Waals surface area contributed by atoms with Crippen LogP contribution >= 0.6 is 11.3 Å². The van der Waals surface area contributed by atoms with Gasteiger partial charge in [0.25, 0.3) is 0 Å². The van der Waals surface area contributed by atoms with Crippen molar-refractivity contribution in [2.75, 3.05) is 32.7 Å². The van der Waals surface area contributed by atoms with Crippen molar-refractivity contribution >= 4 is 27.5 Å². The number of hydrogen-bond acceptors (Lipinski definition) is 6. The Labute approximate surface area is 237 Å². The van der Waals surface area contributed by atoms with Gasteiger partial charge in [0.15, 0.2) is 0 Å². The number of thiazole rings is 1. The number of phenols is 1. The van der Waals surface area contributed by atoms with E-state index in [4.69, 9.17) is 0 Å². The zero-order chi connectivity index (χ0) is 28.4. The number of aryl methyl sites for hydroxylation is 1. The summed E-state index contributed by atoms with van der Waals surface area (Å²) < 4.78 is 0.811. The summed E-state index contributed by atoms with van der Waals surface area (Å²) in [4.78, 5) is 29.8. The molecular weight excluding hydrogens is 508 g/mol. The van der Waals surface area contributed by atoms with Crippen molar-refractivity contribution in [1.29, 1.82) is 0 Å². The van der Waals surface area contributed by atoms with Crippen LogP contribution in [0.5, 0.6) is 5.75 Å². The highest BCUT2D eigenvalue weighted by Gasteiger charge is 2.28. The molecule has 8 heteroatoms. The van der Waals surface area contributed by atoms with Crippen LogP contribution in [0.25, 0.3) is 10.2 Å². The summed E-state index contributed by atoms with van der Waals surface area (Å²) in [7, 11) is 0. The molecule has 39 heavy (non-hydrogen) atoms. The molecule has 0 aliphatic heterocycles. The lowest BCUT2D eigenvalue weighted by molar-refractivity contribution is -0.135. The maximum Gasteiger partial charge on any atom is 0.305 e. The van der Waals surface area contributed by atoms with Crippen molar-refractivity contribution in [1.82, 2.24) is 20.5 Å². The van der Waals surface area contributed by atoms with Crippen LogP contribution in [0.3, 0.4) is 0 Å². The largest absolute Gasteiger partial charge is 0.506 e. The van der Waals surface area contributed by atoms with Gasteiger partial charge in [0, 0.05) is 25.6 Å². The molecule has 0 saturated carbocycles. The van der Waals surface area contributed by atoms with Crippen LogP contribution in [0.2, 0.25) is 0 Å². The van der Waals surface area contributed by atoms with Crippen LogP contribution in [0, 0.1) is 18.8 Å². The lowest BCUT2D eigenvalue weighted by atomic mass is 9.91. The van der Waals surface area contributed by atoms with E-state index in [2.05, 4.69) is 79.4 Å². The Kier molecular flexibility index (Phi) is 12.0. The Morgan fingerprint density at radius 3 is 2.31 bits per heavy atom. The average Bonchev–Trinajstić information content (AvgIpc) is 3.29. The average molecular weight is 555 g/mol. The van der Waals surface area contributed by atoms with Crippen LogP contribution in [0.1, 0.15) is 57.2 Å². The Morgan fingerprint density at radius 2 is 1.62 bits per heavy atom. The molecule has 0 spiro atoms. The van der Waals surface area contributed by atoms with E-state index in [1.54, 1.807) is 6.07 Å². The van der Waals surface area contributed by atoms with Gasteiger partial charge in [-0.3, -0.25) is 9.59 Å². The minimum absolute atomic E-state index is 0.101. The predicted octanol–water partition coefficient (Wildman–Crippen LogP) is 4.86. The Bertz CT molecular complexity index is 1220. The lowest BCUT2D eigenvalue weighted by Crippen LogP contribution is -2.49. The molecule has 0 saturated heterocycles. The summed E-state index contributed by atoms with van der Waals surface area (Å²) in [5.41, 5.74) is 4.16. The summed E-state index contributed by atoms with van der Waals surface area (Å²) in [5.74, 6) is 1.08. The summed E-state index contributed by atoms with van der Waals surface area (Å²) in [6.07, 6.45) is 3.11. The molecular formula is C31H46N4O3S. The van der Waals surface area contributed by atoms with Crippen molar-refractivity contribution in [3.8, 4) is 5.75 Å². The van der Waals surface area contributed by atoms with E-state index in [0.717, 1.165) is 60.5 Å². The minimum Gasteiger partial charge on any atom is -0.506 e. The first-order valence-corrected chi connectivity index (χ1v) is 15.1. The first-order valence-electron chi connectivity index (χ1n) is 14.3. The van der Waals surface area contributed by atoms with Gasteiger partial charge in [-0.25, -0.2) is 0 Å². The summed E-state index contributed by atoms with van der Waals surface area (Å²) in [6, 6.07) is 12.4. The number of aromatic amines is 1. The number of hydrogen-bond donors (Lipinski definition) is 4. The molecule has 0 radical (unpaired) electrons. The van der Waals surface area contributed by atoms with E-state index in [-0.39, 0.29) is 22.6 Å². The number of aromatic hydroxyl groups is 1. The summed E-state index contributed by atoms with van der Waals surface area (Å²) in [6.45, 7) is 14.8. The van der Waals surface area contributed by atoms with Gasteiger partial charge in [-0.2, -0.15) is 0 Å². The third-order valence-corrected chi connectivity index (χ3v) is 8.20. The number of carbonyl (C=O) groups excluding carboxylic acids is 1. The maximum atomic E-state index is 13.4. The third-order valence-electron chi connectivity index (χ3n) is 7.24. The fraction of sp³-hybridized carbons (Fsp3) is 0.548. The van der Waals surface area contributed by atoms with Crippen LogP contribution in [-0.4, -0.2) is 59.7 Å². The normalized spacial score (nSPS) is 11.8. The Hall–Kier alpha value is -2.68. The second-order valence-corrected chi connectivity index (χ2v) is 12.1. The highest BCUT2D eigenvalue weighted by Crippen LogP contribution is 2.28.